The van der Waals surface area contributed by atoms with E-state index >= 15 is 0 Å². The van der Waals surface area contributed by atoms with Gasteiger partial charge in [-0.05, 0) is 12.1 Å². The van der Waals surface area contributed by atoms with Gasteiger partial charge in [0.25, 0.3) is 0 Å². The Morgan fingerprint density at radius 1 is 1.21 bits per heavy atom. The summed E-state index contributed by atoms with van der Waals surface area (Å²) < 4.78 is 25.9. The van der Waals surface area contributed by atoms with E-state index in [0.717, 1.165) is 0 Å². The van der Waals surface area contributed by atoms with Gasteiger partial charge in [0.15, 0.2) is 0 Å². The molecule has 0 aliphatic carbocycles. The lowest BCUT2D eigenvalue weighted by atomic mass is 10.3. The molecular formula is C12H21ClN2O3S. The first-order valence-corrected chi connectivity index (χ1v) is 7.51. The lowest BCUT2D eigenvalue weighted by molar-refractivity contribution is 0.190. The van der Waals surface area contributed by atoms with Crippen LogP contribution in [0.4, 0.5) is 5.69 Å². The summed E-state index contributed by atoms with van der Waals surface area (Å²) in [6.45, 7) is 4.13. The maximum absolute atomic E-state index is 11.8. The number of anilines is 1. The van der Waals surface area contributed by atoms with Gasteiger partial charge in [-0.1, -0.05) is 32.0 Å². The van der Waals surface area contributed by atoms with E-state index in [2.05, 4.69) is 10.0 Å². The van der Waals surface area contributed by atoms with Crippen molar-refractivity contribution in [3.05, 3.63) is 30.3 Å². The average molecular weight is 309 g/mol. The number of rotatable bonds is 7. The smallest absolute Gasteiger partial charge is 0.235 e. The average Bonchev–Trinajstić information content (AvgIpc) is 2.26. The van der Waals surface area contributed by atoms with Crippen LogP contribution in [-0.4, -0.2) is 38.0 Å². The molecule has 0 heterocycles. The SMILES string of the molecule is CC(C)NCC(O)CS(=O)(=O)Nc1ccccc1.Cl. The summed E-state index contributed by atoms with van der Waals surface area (Å²) in [5, 5.41) is 12.6. The Morgan fingerprint density at radius 3 is 2.32 bits per heavy atom. The fourth-order valence-corrected chi connectivity index (χ4v) is 2.61. The van der Waals surface area contributed by atoms with E-state index in [9.17, 15) is 13.5 Å². The first-order chi connectivity index (χ1) is 8.39. The van der Waals surface area contributed by atoms with Gasteiger partial charge in [-0.25, -0.2) is 8.42 Å². The normalized spacial score (nSPS) is 12.8. The van der Waals surface area contributed by atoms with Gasteiger partial charge >= 0.3 is 0 Å². The van der Waals surface area contributed by atoms with Crippen molar-refractivity contribution in [3.8, 4) is 0 Å². The molecular weight excluding hydrogens is 288 g/mol. The van der Waals surface area contributed by atoms with Crippen LogP contribution in [0.15, 0.2) is 30.3 Å². The lowest BCUT2D eigenvalue weighted by Gasteiger charge is -2.15. The summed E-state index contributed by atoms with van der Waals surface area (Å²) in [4.78, 5) is 0. The summed E-state index contributed by atoms with van der Waals surface area (Å²) in [5.74, 6) is -0.318. The molecule has 0 bridgehead atoms. The van der Waals surface area contributed by atoms with Crippen molar-refractivity contribution in [2.24, 2.45) is 0 Å². The molecule has 110 valence electrons. The Hall–Kier alpha value is -0.820. The van der Waals surface area contributed by atoms with Crippen LogP contribution in [-0.2, 0) is 10.0 Å². The molecule has 0 fully saturated rings. The maximum Gasteiger partial charge on any atom is 0.235 e. The van der Waals surface area contributed by atoms with Crippen LogP contribution < -0.4 is 10.0 Å². The molecule has 0 radical (unpaired) electrons. The standard InChI is InChI=1S/C12H20N2O3S.ClH/c1-10(2)13-8-12(15)9-18(16,17)14-11-6-4-3-5-7-11;/h3-7,10,12-15H,8-9H2,1-2H3;1H. The minimum atomic E-state index is -3.52. The number of aliphatic hydroxyl groups excluding tert-OH is 1. The molecule has 1 unspecified atom stereocenters. The molecule has 0 saturated heterocycles. The number of hydrogen-bond acceptors (Lipinski definition) is 4. The van der Waals surface area contributed by atoms with Crippen molar-refractivity contribution in [1.82, 2.24) is 5.32 Å². The summed E-state index contributed by atoms with van der Waals surface area (Å²) in [5.41, 5.74) is 0.501. The van der Waals surface area contributed by atoms with Crippen molar-refractivity contribution in [2.75, 3.05) is 17.0 Å². The Kier molecular flexibility index (Phi) is 8.01. The fourth-order valence-electron chi connectivity index (χ4n) is 1.41. The van der Waals surface area contributed by atoms with E-state index < -0.39 is 16.1 Å². The molecule has 1 aromatic carbocycles. The molecule has 0 saturated carbocycles. The van der Waals surface area contributed by atoms with Gasteiger partial charge < -0.3 is 10.4 Å². The first-order valence-electron chi connectivity index (χ1n) is 5.86. The summed E-state index contributed by atoms with van der Waals surface area (Å²) in [7, 11) is -3.52. The van der Waals surface area contributed by atoms with Gasteiger partial charge in [-0.15, -0.1) is 12.4 Å². The van der Waals surface area contributed by atoms with Gasteiger partial charge in [-0.3, -0.25) is 4.72 Å². The monoisotopic (exact) mass is 308 g/mol. The zero-order valence-corrected chi connectivity index (χ0v) is 12.7. The number of para-hydroxylation sites is 1. The summed E-state index contributed by atoms with van der Waals surface area (Å²) in [6.07, 6.45) is -0.923. The summed E-state index contributed by atoms with van der Waals surface area (Å²) in [6, 6.07) is 8.83. The van der Waals surface area contributed by atoms with Gasteiger partial charge in [0.05, 0.1) is 11.9 Å². The predicted molar refractivity (Wildman–Crippen MR) is 80.2 cm³/mol. The van der Waals surface area contributed by atoms with E-state index in [1.807, 2.05) is 13.8 Å². The molecule has 0 aliphatic rings. The second-order valence-corrected chi connectivity index (χ2v) is 6.23. The lowest BCUT2D eigenvalue weighted by Crippen LogP contribution is -2.37. The number of halogens is 1. The zero-order valence-electron chi connectivity index (χ0n) is 11.0. The van der Waals surface area contributed by atoms with Crippen molar-refractivity contribution in [1.29, 1.82) is 0 Å². The van der Waals surface area contributed by atoms with Crippen molar-refractivity contribution < 1.29 is 13.5 Å². The Bertz CT molecular complexity index is 451. The topological polar surface area (TPSA) is 78.4 Å². The highest BCUT2D eigenvalue weighted by Crippen LogP contribution is 2.08. The fraction of sp³-hybridized carbons (Fsp3) is 0.500. The molecule has 0 aliphatic heterocycles. The van der Waals surface area contributed by atoms with E-state index in [4.69, 9.17) is 0 Å². The number of nitrogens with one attached hydrogen (secondary N) is 2. The second-order valence-electron chi connectivity index (χ2n) is 4.47. The highest BCUT2D eigenvalue weighted by molar-refractivity contribution is 7.92. The third kappa shape index (κ3) is 8.05. The van der Waals surface area contributed by atoms with Gasteiger partial charge in [-0.2, -0.15) is 0 Å². The van der Waals surface area contributed by atoms with Crippen LogP contribution in [0.3, 0.4) is 0 Å². The van der Waals surface area contributed by atoms with Crippen LogP contribution in [0.25, 0.3) is 0 Å². The minimum absolute atomic E-state index is 0. The van der Waals surface area contributed by atoms with Crippen molar-refractivity contribution >= 4 is 28.1 Å². The second kappa shape index (κ2) is 8.37. The molecule has 0 spiro atoms. The highest BCUT2D eigenvalue weighted by atomic mass is 35.5. The first kappa shape index (κ1) is 18.2. The van der Waals surface area contributed by atoms with E-state index in [0.29, 0.717) is 5.69 Å². The third-order valence-corrected chi connectivity index (χ3v) is 3.59. The van der Waals surface area contributed by atoms with Gasteiger partial charge in [0.1, 0.15) is 0 Å². The quantitative estimate of drug-likeness (QED) is 0.707. The zero-order chi connectivity index (χ0) is 13.6. The molecule has 5 nitrogen and oxygen atoms in total. The summed E-state index contributed by atoms with van der Waals surface area (Å²) >= 11 is 0. The Labute approximate surface area is 120 Å². The van der Waals surface area contributed by atoms with Crippen LogP contribution in [0, 0.1) is 0 Å². The third-order valence-electron chi connectivity index (χ3n) is 2.22. The van der Waals surface area contributed by atoms with Crippen molar-refractivity contribution in [3.63, 3.8) is 0 Å². The molecule has 1 rings (SSSR count). The number of hydrogen-bond donors (Lipinski definition) is 3. The Morgan fingerprint density at radius 2 is 1.79 bits per heavy atom. The van der Waals surface area contributed by atoms with E-state index in [-0.39, 0.29) is 30.7 Å². The largest absolute Gasteiger partial charge is 0.391 e. The highest BCUT2D eigenvalue weighted by Gasteiger charge is 2.17. The van der Waals surface area contributed by atoms with E-state index in [1.54, 1.807) is 30.3 Å². The van der Waals surface area contributed by atoms with Crippen LogP contribution in [0.1, 0.15) is 13.8 Å². The minimum Gasteiger partial charge on any atom is -0.391 e. The molecule has 19 heavy (non-hydrogen) atoms. The number of sulfonamides is 1. The molecule has 1 atom stereocenters. The van der Waals surface area contributed by atoms with Crippen LogP contribution in [0.2, 0.25) is 0 Å². The van der Waals surface area contributed by atoms with Gasteiger partial charge in [0.2, 0.25) is 10.0 Å². The van der Waals surface area contributed by atoms with E-state index in [1.165, 1.54) is 0 Å². The maximum atomic E-state index is 11.8. The molecule has 0 amide bonds. The molecule has 3 N–H and O–H groups in total. The van der Waals surface area contributed by atoms with Crippen LogP contribution in [0.5, 0.6) is 0 Å². The van der Waals surface area contributed by atoms with Crippen molar-refractivity contribution in [2.45, 2.75) is 26.0 Å². The molecule has 0 aromatic heterocycles. The predicted octanol–water partition coefficient (Wildman–Crippen LogP) is 1.21. The molecule has 1 aromatic rings. The number of aliphatic hydroxyl groups is 1. The number of benzene rings is 1. The van der Waals surface area contributed by atoms with Crippen LogP contribution >= 0.6 is 12.4 Å². The molecule has 7 heteroatoms. The van der Waals surface area contributed by atoms with Gasteiger partial charge in [0, 0.05) is 18.3 Å². The Balaban J connectivity index is 0.00000324.